The second-order valence-corrected chi connectivity index (χ2v) is 4.78. The zero-order valence-corrected chi connectivity index (χ0v) is 11.4. The lowest BCUT2D eigenvalue weighted by atomic mass is 10.2. The zero-order chi connectivity index (χ0) is 15.6. The number of nitrogens with zero attached hydrogens (tertiary/aromatic N) is 1. The van der Waals surface area contributed by atoms with Gasteiger partial charge in [0.05, 0.1) is 5.69 Å². The highest BCUT2D eigenvalue weighted by molar-refractivity contribution is 6.30. The summed E-state index contributed by atoms with van der Waals surface area (Å²) in [5.41, 5.74) is -0.192. The van der Waals surface area contributed by atoms with Crippen LogP contribution < -0.4 is 10.6 Å². The molecule has 1 atom stereocenters. The Balaban J connectivity index is 2.19. The molecule has 2 rings (SSSR count). The summed E-state index contributed by atoms with van der Waals surface area (Å²) in [6.07, 6.45) is 0. The number of anilines is 1. The summed E-state index contributed by atoms with van der Waals surface area (Å²) >= 11 is 5.70. The molecule has 1 aromatic rings. The number of benzene rings is 1. The van der Waals surface area contributed by atoms with Gasteiger partial charge in [0.2, 0.25) is 5.91 Å². The second kappa shape index (κ2) is 5.96. The number of hydrogen-bond acceptors (Lipinski definition) is 3. The molecule has 112 valence electrons. The summed E-state index contributed by atoms with van der Waals surface area (Å²) in [4.78, 5) is 35.3. The Kier molecular flexibility index (Phi) is 4.27. The number of hydrogen-bond donors (Lipinski definition) is 3. The lowest BCUT2D eigenvalue weighted by molar-refractivity contribution is -0.144. The molecule has 0 aromatic heterocycles. The molecule has 1 heterocycles. The Hall–Kier alpha value is -2.35. The van der Waals surface area contributed by atoms with Crippen LogP contribution in [0.1, 0.15) is 0 Å². The Morgan fingerprint density at radius 2 is 2.19 bits per heavy atom. The molecule has 1 aliphatic rings. The fourth-order valence-electron chi connectivity index (χ4n) is 1.86. The maximum Gasteiger partial charge on any atom is 0.328 e. The van der Waals surface area contributed by atoms with E-state index in [1.165, 1.54) is 12.1 Å². The first kappa shape index (κ1) is 15.0. The standard InChI is InChI=1S/C12H11ClFN3O4/c13-6-1-2-7(14)8(3-6)16-12(21)17-5-10(18)15-4-9(17)11(19)20/h1-3,9H,4-5H2,(H,15,18)(H,16,21)(H,19,20). The van der Waals surface area contributed by atoms with Gasteiger partial charge in [0.25, 0.3) is 0 Å². The fourth-order valence-corrected chi connectivity index (χ4v) is 2.03. The third-order valence-electron chi connectivity index (χ3n) is 2.90. The van der Waals surface area contributed by atoms with Gasteiger partial charge in [-0.1, -0.05) is 11.6 Å². The van der Waals surface area contributed by atoms with Crippen LogP contribution >= 0.6 is 11.6 Å². The summed E-state index contributed by atoms with van der Waals surface area (Å²) in [7, 11) is 0. The third kappa shape index (κ3) is 3.40. The van der Waals surface area contributed by atoms with Crippen molar-refractivity contribution in [3.63, 3.8) is 0 Å². The Labute approximate surface area is 123 Å². The summed E-state index contributed by atoms with van der Waals surface area (Å²) in [6.45, 7) is -0.634. The van der Waals surface area contributed by atoms with Gasteiger partial charge >= 0.3 is 12.0 Å². The average molecular weight is 316 g/mol. The number of carboxylic acid groups (broad SMARTS) is 1. The topological polar surface area (TPSA) is 98.7 Å². The van der Waals surface area contributed by atoms with Gasteiger partial charge in [-0.05, 0) is 18.2 Å². The van der Waals surface area contributed by atoms with E-state index in [4.69, 9.17) is 16.7 Å². The van der Waals surface area contributed by atoms with E-state index in [2.05, 4.69) is 10.6 Å². The fraction of sp³-hybridized carbons (Fsp3) is 0.250. The molecule has 1 fully saturated rings. The van der Waals surface area contributed by atoms with Gasteiger partial charge in [-0.3, -0.25) is 9.69 Å². The van der Waals surface area contributed by atoms with E-state index in [1.807, 2.05) is 0 Å². The molecule has 21 heavy (non-hydrogen) atoms. The van der Waals surface area contributed by atoms with Crippen LogP contribution in [-0.2, 0) is 9.59 Å². The third-order valence-corrected chi connectivity index (χ3v) is 3.13. The summed E-state index contributed by atoms with van der Waals surface area (Å²) in [5.74, 6) is -2.48. The van der Waals surface area contributed by atoms with Crippen molar-refractivity contribution in [3.8, 4) is 0 Å². The van der Waals surface area contributed by atoms with Gasteiger partial charge in [0.1, 0.15) is 18.4 Å². The first-order valence-electron chi connectivity index (χ1n) is 5.90. The van der Waals surface area contributed by atoms with Crippen molar-refractivity contribution >= 4 is 35.2 Å². The first-order valence-corrected chi connectivity index (χ1v) is 6.28. The van der Waals surface area contributed by atoms with Crippen molar-refractivity contribution in [1.29, 1.82) is 0 Å². The van der Waals surface area contributed by atoms with Gasteiger partial charge in [-0.15, -0.1) is 0 Å². The maximum atomic E-state index is 13.5. The van der Waals surface area contributed by atoms with Crippen LogP contribution in [0.4, 0.5) is 14.9 Å². The molecular formula is C12H11ClFN3O4. The summed E-state index contributed by atoms with van der Waals surface area (Å²) < 4.78 is 13.5. The average Bonchev–Trinajstić information content (AvgIpc) is 2.42. The van der Waals surface area contributed by atoms with Crippen molar-refractivity contribution in [2.45, 2.75) is 6.04 Å². The number of amides is 3. The molecule has 9 heteroatoms. The number of carboxylic acids is 1. The molecule has 0 radical (unpaired) electrons. The van der Waals surface area contributed by atoms with Crippen LogP contribution in [0.25, 0.3) is 0 Å². The molecule has 0 spiro atoms. The number of aliphatic carboxylic acids is 1. The molecule has 0 aliphatic carbocycles. The largest absolute Gasteiger partial charge is 0.480 e. The van der Waals surface area contributed by atoms with Crippen molar-refractivity contribution < 1.29 is 23.9 Å². The Morgan fingerprint density at radius 3 is 2.86 bits per heavy atom. The van der Waals surface area contributed by atoms with Gasteiger partial charge in [0.15, 0.2) is 0 Å². The van der Waals surface area contributed by atoms with Crippen LogP contribution in [0.15, 0.2) is 18.2 Å². The number of rotatable bonds is 2. The van der Waals surface area contributed by atoms with E-state index in [0.717, 1.165) is 11.0 Å². The van der Waals surface area contributed by atoms with Crippen LogP contribution in [0, 0.1) is 5.82 Å². The van der Waals surface area contributed by atoms with E-state index in [-0.39, 0.29) is 17.3 Å². The zero-order valence-electron chi connectivity index (χ0n) is 10.6. The quantitative estimate of drug-likeness (QED) is 0.755. The van der Waals surface area contributed by atoms with Crippen LogP contribution in [-0.4, -0.2) is 47.0 Å². The number of urea groups is 1. The molecule has 1 unspecified atom stereocenters. The highest BCUT2D eigenvalue weighted by Gasteiger charge is 2.35. The molecule has 3 N–H and O–H groups in total. The Morgan fingerprint density at radius 1 is 1.48 bits per heavy atom. The highest BCUT2D eigenvalue weighted by Crippen LogP contribution is 2.20. The maximum absolute atomic E-state index is 13.5. The molecule has 1 saturated heterocycles. The molecule has 1 aromatic carbocycles. The van der Waals surface area contributed by atoms with Crippen molar-refractivity contribution in [3.05, 3.63) is 29.0 Å². The normalized spacial score (nSPS) is 18.1. The minimum Gasteiger partial charge on any atom is -0.480 e. The number of carbonyl (C=O) groups is 3. The highest BCUT2D eigenvalue weighted by atomic mass is 35.5. The molecule has 3 amide bonds. The van der Waals surface area contributed by atoms with E-state index >= 15 is 0 Å². The molecular weight excluding hydrogens is 305 g/mol. The number of piperazine rings is 1. The van der Waals surface area contributed by atoms with Crippen molar-refractivity contribution in [1.82, 2.24) is 10.2 Å². The monoisotopic (exact) mass is 315 g/mol. The van der Waals surface area contributed by atoms with Crippen molar-refractivity contribution in [2.24, 2.45) is 0 Å². The van der Waals surface area contributed by atoms with Crippen LogP contribution in [0.2, 0.25) is 5.02 Å². The molecule has 0 saturated carbocycles. The minimum absolute atomic E-state index is 0.192. The lowest BCUT2D eigenvalue weighted by Crippen LogP contribution is -2.60. The summed E-state index contributed by atoms with van der Waals surface area (Å²) in [5, 5.41) is 13.8. The van der Waals surface area contributed by atoms with Gasteiger partial charge in [-0.2, -0.15) is 0 Å². The minimum atomic E-state index is -1.27. The number of halogens is 2. The first-order chi connectivity index (χ1) is 9.88. The van der Waals surface area contributed by atoms with E-state index in [1.54, 1.807) is 0 Å². The van der Waals surface area contributed by atoms with E-state index in [0.29, 0.717) is 0 Å². The second-order valence-electron chi connectivity index (χ2n) is 4.34. The predicted molar refractivity (Wildman–Crippen MR) is 71.6 cm³/mol. The smallest absolute Gasteiger partial charge is 0.328 e. The van der Waals surface area contributed by atoms with Crippen LogP contribution in [0.5, 0.6) is 0 Å². The van der Waals surface area contributed by atoms with Crippen LogP contribution in [0.3, 0.4) is 0 Å². The molecule has 1 aliphatic heterocycles. The lowest BCUT2D eigenvalue weighted by Gasteiger charge is -2.32. The Bertz CT molecular complexity index is 610. The van der Waals surface area contributed by atoms with E-state index in [9.17, 15) is 18.8 Å². The van der Waals surface area contributed by atoms with E-state index < -0.39 is 36.3 Å². The molecule has 7 nitrogen and oxygen atoms in total. The van der Waals surface area contributed by atoms with Crippen molar-refractivity contribution in [2.75, 3.05) is 18.4 Å². The number of nitrogens with one attached hydrogen (secondary N) is 2. The van der Waals surface area contributed by atoms with Gasteiger partial charge in [-0.25, -0.2) is 14.0 Å². The van der Waals surface area contributed by atoms with Gasteiger partial charge in [0, 0.05) is 11.6 Å². The number of carbonyl (C=O) groups excluding carboxylic acids is 2. The summed E-state index contributed by atoms with van der Waals surface area (Å²) in [6, 6.07) is 1.45. The SMILES string of the molecule is O=C1CN(C(=O)Nc2cc(Cl)ccc2F)C(C(=O)O)CN1. The molecule has 0 bridgehead atoms. The predicted octanol–water partition coefficient (Wildman–Crippen LogP) is 0.896. The van der Waals surface area contributed by atoms with Gasteiger partial charge < -0.3 is 15.7 Å².